The molecule has 96 valence electrons. The Labute approximate surface area is 113 Å². The van der Waals surface area contributed by atoms with Gasteiger partial charge in [0.1, 0.15) is 0 Å². The number of carbonyl (C=O) groups is 1. The van der Waals surface area contributed by atoms with Crippen molar-refractivity contribution in [2.45, 2.75) is 26.2 Å². The number of thioether (sulfide) groups is 1. The van der Waals surface area contributed by atoms with Crippen LogP contribution in [0.2, 0.25) is 0 Å². The molecule has 1 amide bonds. The maximum atomic E-state index is 11.6. The largest absolute Gasteiger partial charge is 0.326 e. The number of hydrogen-bond donors (Lipinski definition) is 1. The first kappa shape index (κ1) is 14.6. The van der Waals surface area contributed by atoms with Gasteiger partial charge in [-0.15, -0.1) is 0 Å². The average molecular weight is 262 g/mol. The molecule has 0 fully saturated rings. The maximum absolute atomic E-state index is 11.6. The molecule has 3 nitrogen and oxygen atoms in total. The Morgan fingerprint density at radius 3 is 3.00 bits per heavy atom. The van der Waals surface area contributed by atoms with E-state index in [0.717, 1.165) is 17.9 Å². The quantitative estimate of drug-likeness (QED) is 0.766. The van der Waals surface area contributed by atoms with Crippen molar-refractivity contribution in [1.29, 1.82) is 5.26 Å². The van der Waals surface area contributed by atoms with Gasteiger partial charge in [-0.3, -0.25) is 4.79 Å². The van der Waals surface area contributed by atoms with Gasteiger partial charge in [-0.25, -0.2) is 0 Å². The molecule has 18 heavy (non-hydrogen) atoms. The number of anilines is 1. The van der Waals surface area contributed by atoms with E-state index in [1.54, 1.807) is 24.3 Å². The summed E-state index contributed by atoms with van der Waals surface area (Å²) < 4.78 is 0. The van der Waals surface area contributed by atoms with E-state index in [1.165, 1.54) is 6.42 Å². The first-order valence-corrected chi connectivity index (χ1v) is 7.29. The molecule has 1 aromatic carbocycles. The number of nitrogens with zero attached hydrogens (tertiary/aromatic N) is 1. The van der Waals surface area contributed by atoms with Gasteiger partial charge in [-0.1, -0.05) is 13.0 Å². The maximum Gasteiger partial charge on any atom is 0.224 e. The smallest absolute Gasteiger partial charge is 0.224 e. The van der Waals surface area contributed by atoms with Crippen molar-refractivity contribution >= 4 is 23.4 Å². The highest BCUT2D eigenvalue weighted by Gasteiger charge is 2.02. The number of hydrogen-bond acceptors (Lipinski definition) is 3. The molecular weight excluding hydrogens is 244 g/mol. The first-order chi connectivity index (χ1) is 8.76. The summed E-state index contributed by atoms with van der Waals surface area (Å²) >= 11 is 1.88. The first-order valence-electron chi connectivity index (χ1n) is 6.14. The van der Waals surface area contributed by atoms with Crippen LogP contribution in [0.3, 0.4) is 0 Å². The molecule has 0 unspecified atom stereocenters. The number of nitrogens with one attached hydrogen (secondary N) is 1. The van der Waals surface area contributed by atoms with Gasteiger partial charge in [-0.05, 0) is 42.5 Å². The Morgan fingerprint density at radius 1 is 1.44 bits per heavy atom. The van der Waals surface area contributed by atoms with Gasteiger partial charge in [0.15, 0.2) is 0 Å². The lowest BCUT2D eigenvalue weighted by molar-refractivity contribution is -0.116. The van der Waals surface area contributed by atoms with Crippen LogP contribution in [-0.4, -0.2) is 17.4 Å². The van der Waals surface area contributed by atoms with Crippen LogP contribution >= 0.6 is 11.8 Å². The van der Waals surface area contributed by atoms with Crippen LogP contribution in [0, 0.1) is 11.3 Å². The van der Waals surface area contributed by atoms with Crippen molar-refractivity contribution in [3.63, 3.8) is 0 Å². The predicted octanol–water partition coefficient (Wildman–Crippen LogP) is 3.42. The number of rotatable bonds is 7. The molecule has 1 rings (SSSR count). The zero-order valence-electron chi connectivity index (χ0n) is 10.6. The molecule has 0 spiro atoms. The monoisotopic (exact) mass is 262 g/mol. The van der Waals surface area contributed by atoms with Crippen molar-refractivity contribution in [2.75, 3.05) is 16.8 Å². The lowest BCUT2D eigenvalue weighted by atomic mass is 10.2. The summed E-state index contributed by atoms with van der Waals surface area (Å²) in [6.45, 7) is 2.15. The summed E-state index contributed by atoms with van der Waals surface area (Å²) in [4.78, 5) is 11.6. The normalized spacial score (nSPS) is 9.78. The highest BCUT2D eigenvalue weighted by atomic mass is 32.2. The fraction of sp³-hybridized carbons (Fsp3) is 0.429. The van der Waals surface area contributed by atoms with Gasteiger partial charge in [0.2, 0.25) is 5.91 Å². The second-order valence-electron chi connectivity index (χ2n) is 3.96. The van der Waals surface area contributed by atoms with Gasteiger partial charge >= 0.3 is 0 Å². The third kappa shape index (κ3) is 5.74. The Bertz CT molecular complexity index is 426. The summed E-state index contributed by atoms with van der Waals surface area (Å²) in [5.74, 6) is 2.20. The van der Waals surface area contributed by atoms with E-state index in [-0.39, 0.29) is 5.91 Å². The Morgan fingerprint density at radius 2 is 2.28 bits per heavy atom. The Hall–Kier alpha value is -1.47. The Kier molecular flexibility index (Phi) is 6.97. The van der Waals surface area contributed by atoms with Crippen molar-refractivity contribution in [3.8, 4) is 6.07 Å². The van der Waals surface area contributed by atoms with Crippen LogP contribution < -0.4 is 5.32 Å². The predicted molar refractivity (Wildman–Crippen MR) is 76.6 cm³/mol. The van der Waals surface area contributed by atoms with E-state index >= 15 is 0 Å². The van der Waals surface area contributed by atoms with Crippen LogP contribution in [0.4, 0.5) is 5.69 Å². The molecule has 0 bridgehead atoms. The fourth-order valence-corrected chi connectivity index (χ4v) is 2.31. The van der Waals surface area contributed by atoms with Crippen molar-refractivity contribution in [2.24, 2.45) is 0 Å². The second-order valence-corrected chi connectivity index (χ2v) is 5.18. The van der Waals surface area contributed by atoms with E-state index in [1.807, 2.05) is 11.8 Å². The van der Waals surface area contributed by atoms with Crippen LogP contribution in [0.1, 0.15) is 31.7 Å². The molecule has 0 aliphatic rings. The average Bonchev–Trinajstić information content (AvgIpc) is 2.38. The van der Waals surface area contributed by atoms with Crippen LogP contribution in [0.25, 0.3) is 0 Å². The standard InChI is InChI=1S/C14H18N2OS/c1-2-8-18-9-4-7-14(17)16-13-6-3-5-12(10-13)11-15/h3,5-6,10H,2,4,7-9H2,1H3,(H,16,17). The fourth-order valence-electron chi connectivity index (χ4n) is 1.47. The lowest BCUT2D eigenvalue weighted by Crippen LogP contribution is -2.11. The highest BCUT2D eigenvalue weighted by Crippen LogP contribution is 2.11. The minimum Gasteiger partial charge on any atom is -0.326 e. The zero-order valence-corrected chi connectivity index (χ0v) is 11.4. The van der Waals surface area contributed by atoms with E-state index in [9.17, 15) is 4.79 Å². The van der Waals surface area contributed by atoms with Gasteiger partial charge in [0, 0.05) is 12.1 Å². The van der Waals surface area contributed by atoms with E-state index in [2.05, 4.69) is 18.3 Å². The molecule has 0 aliphatic heterocycles. The molecule has 0 atom stereocenters. The number of amides is 1. The van der Waals surface area contributed by atoms with E-state index in [0.29, 0.717) is 17.7 Å². The van der Waals surface area contributed by atoms with Crippen LogP contribution in [0.5, 0.6) is 0 Å². The van der Waals surface area contributed by atoms with Gasteiger partial charge in [-0.2, -0.15) is 17.0 Å². The van der Waals surface area contributed by atoms with Crippen molar-refractivity contribution in [1.82, 2.24) is 0 Å². The summed E-state index contributed by atoms with van der Waals surface area (Å²) in [5, 5.41) is 11.6. The molecule has 0 heterocycles. The minimum absolute atomic E-state index is 0.0159. The molecular formula is C14H18N2OS. The summed E-state index contributed by atoms with van der Waals surface area (Å²) in [6.07, 6.45) is 2.61. The lowest BCUT2D eigenvalue weighted by Gasteiger charge is -2.05. The summed E-state index contributed by atoms with van der Waals surface area (Å²) in [5.41, 5.74) is 1.26. The third-order valence-electron chi connectivity index (χ3n) is 2.32. The molecule has 0 radical (unpaired) electrons. The summed E-state index contributed by atoms with van der Waals surface area (Å²) in [7, 11) is 0. The van der Waals surface area contributed by atoms with Crippen molar-refractivity contribution in [3.05, 3.63) is 29.8 Å². The molecule has 1 N–H and O–H groups in total. The minimum atomic E-state index is 0.0159. The van der Waals surface area contributed by atoms with Gasteiger partial charge in [0.25, 0.3) is 0 Å². The molecule has 1 aromatic rings. The molecule has 0 aliphatic carbocycles. The van der Waals surface area contributed by atoms with Crippen LogP contribution in [0.15, 0.2) is 24.3 Å². The SMILES string of the molecule is CCCSCCCC(=O)Nc1cccc(C#N)c1. The van der Waals surface area contributed by atoms with Gasteiger partial charge in [0.05, 0.1) is 11.6 Å². The number of nitriles is 1. The second kappa shape index (κ2) is 8.60. The third-order valence-corrected chi connectivity index (χ3v) is 3.59. The van der Waals surface area contributed by atoms with Crippen molar-refractivity contribution < 1.29 is 4.79 Å². The van der Waals surface area contributed by atoms with E-state index < -0.39 is 0 Å². The molecule has 4 heteroatoms. The summed E-state index contributed by atoms with van der Waals surface area (Å²) in [6, 6.07) is 9.02. The highest BCUT2D eigenvalue weighted by molar-refractivity contribution is 7.99. The Balaban J connectivity index is 2.29. The molecule has 0 saturated heterocycles. The molecule has 0 aromatic heterocycles. The topological polar surface area (TPSA) is 52.9 Å². The zero-order chi connectivity index (χ0) is 13.2. The number of carbonyl (C=O) groups excluding carboxylic acids is 1. The van der Waals surface area contributed by atoms with E-state index in [4.69, 9.17) is 5.26 Å². The van der Waals surface area contributed by atoms with Gasteiger partial charge < -0.3 is 5.32 Å². The van der Waals surface area contributed by atoms with Crippen LogP contribution in [-0.2, 0) is 4.79 Å². The molecule has 0 saturated carbocycles. The number of benzene rings is 1.